The first-order valence-corrected chi connectivity index (χ1v) is 7.08. The molecule has 0 bridgehead atoms. The number of rotatable bonds is 7. The van der Waals surface area contributed by atoms with Gasteiger partial charge in [-0.1, -0.05) is 23.8 Å². The fourth-order valence-corrected chi connectivity index (χ4v) is 2.37. The first-order valence-electron chi connectivity index (χ1n) is 5.67. The lowest BCUT2D eigenvalue weighted by atomic mass is 10.1. The van der Waals surface area contributed by atoms with Gasteiger partial charge in [0.25, 0.3) is 10.1 Å². The van der Waals surface area contributed by atoms with Crippen LogP contribution in [-0.2, 0) is 14.3 Å². The normalized spacial score (nSPS) is 13.2. The molecule has 0 spiro atoms. The Labute approximate surface area is 108 Å². The molecule has 0 amide bonds. The number of aryl methyl sites for hydroxylation is 1. The van der Waals surface area contributed by atoms with Gasteiger partial charge in [0.05, 0.1) is 11.5 Å². The smallest absolute Gasteiger partial charge is 0.296 e. The van der Waals surface area contributed by atoms with E-state index in [0.717, 1.165) is 5.56 Å². The zero-order chi connectivity index (χ0) is 13.6. The molecule has 0 fully saturated rings. The minimum absolute atomic E-state index is 0.0429. The Morgan fingerprint density at radius 2 is 2.00 bits per heavy atom. The number of hydrogen-bond donors (Lipinski definition) is 1. The van der Waals surface area contributed by atoms with Crippen molar-refractivity contribution in [2.75, 3.05) is 13.2 Å². The molecule has 0 radical (unpaired) electrons. The maximum absolute atomic E-state index is 11.8. The van der Waals surface area contributed by atoms with Crippen LogP contribution in [0.5, 0.6) is 0 Å². The van der Waals surface area contributed by atoms with Crippen molar-refractivity contribution in [2.45, 2.75) is 18.2 Å². The Morgan fingerprint density at radius 1 is 1.39 bits per heavy atom. The maximum atomic E-state index is 11.8. The van der Waals surface area contributed by atoms with Crippen LogP contribution in [0.3, 0.4) is 0 Å². The standard InChI is InChI=1S/C13H18O4S/c1-3-4-12(9-14)10-17-18(15,16)13-7-5-11(2)6-8-13/h3,5-8,12,14H,1,4,9-10H2,2H3. The second-order valence-electron chi connectivity index (χ2n) is 4.12. The Kier molecular flexibility index (Phi) is 5.53. The highest BCUT2D eigenvalue weighted by Gasteiger charge is 2.17. The van der Waals surface area contributed by atoms with Gasteiger partial charge in [-0.2, -0.15) is 8.42 Å². The van der Waals surface area contributed by atoms with E-state index in [1.165, 1.54) is 12.1 Å². The van der Waals surface area contributed by atoms with Gasteiger partial charge >= 0.3 is 0 Å². The lowest BCUT2D eigenvalue weighted by molar-refractivity contribution is 0.168. The molecule has 0 aliphatic carbocycles. The Morgan fingerprint density at radius 3 is 2.50 bits per heavy atom. The predicted molar refractivity (Wildman–Crippen MR) is 69.7 cm³/mol. The van der Waals surface area contributed by atoms with Gasteiger partial charge in [0.15, 0.2) is 0 Å². The minimum Gasteiger partial charge on any atom is -0.396 e. The Bertz CT molecular complexity index is 476. The third-order valence-corrected chi connectivity index (χ3v) is 3.82. The third kappa shape index (κ3) is 4.25. The van der Waals surface area contributed by atoms with Gasteiger partial charge in [-0.25, -0.2) is 0 Å². The van der Waals surface area contributed by atoms with Gasteiger partial charge in [0, 0.05) is 12.5 Å². The van der Waals surface area contributed by atoms with E-state index in [4.69, 9.17) is 9.29 Å². The third-order valence-electron chi connectivity index (χ3n) is 2.53. The van der Waals surface area contributed by atoms with Crippen molar-refractivity contribution in [1.29, 1.82) is 0 Å². The summed E-state index contributed by atoms with van der Waals surface area (Å²) in [6.45, 7) is 5.25. The molecule has 0 aliphatic heterocycles. The molecule has 1 aromatic carbocycles. The SMILES string of the molecule is C=CCC(CO)COS(=O)(=O)c1ccc(C)cc1. The van der Waals surface area contributed by atoms with Gasteiger partial charge in [-0.3, -0.25) is 4.18 Å². The van der Waals surface area contributed by atoms with Gasteiger partial charge in [-0.15, -0.1) is 6.58 Å². The van der Waals surface area contributed by atoms with Crippen LogP contribution in [0.2, 0.25) is 0 Å². The summed E-state index contributed by atoms with van der Waals surface area (Å²) in [5.74, 6) is -0.247. The maximum Gasteiger partial charge on any atom is 0.296 e. The molecule has 5 heteroatoms. The average molecular weight is 270 g/mol. The summed E-state index contributed by atoms with van der Waals surface area (Å²) in [5, 5.41) is 9.04. The molecule has 0 aromatic heterocycles. The second kappa shape index (κ2) is 6.68. The van der Waals surface area contributed by atoms with E-state index in [0.29, 0.717) is 6.42 Å². The quantitative estimate of drug-likeness (QED) is 0.607. The van der Waals surface area contributed by atoms with Gasteiger partial charge in [0.1, 0.15) is 0 Å². The monoisotopic (exact) mass is 270 g/mol. The number of aliphatic hydroxyl groups is 1. The summed E-state index contributed by atoms with van der Waals surface area (Å²) in [4.78, 5) is 0.128. The van der Waals surface area contributed by atoms with Gasteiger partial charge in [0.2, 0.25) is 0 Å². The molecule has 1 aromatic rings. The molecule has 0 saturated heterocycles. The van der Waals surface area contributed by atoms with Crippen molar-refractivity contribution in [1.82, 2.24) is 0 Å². The van der Waals surface area contributed by atoms with E-state index >= 15 is 0 Å². The highest BCUT2D eigenvalue weighted by Crippen LogP contribution is 2.15. The zero-order valence-corrected chi connectivity index (χ0v) is 11.2. The van der Waals surface area contributed by atoms with Crippen LogP contribution in [-0.4, -0.2) is 26.7 Å². The van der Waals surface area contributed by atoms with E-state index in [1.807, 2.05) is 6.92 Å². The van der Waals surface area contributed by atoms with Crippen LogP contribution < -0.4 is 0 Å². The summed E-state index contributed by atoms with van der Waals surface area (Å²) >= 11 is 0. The van der Waals surface area contributed by atoms with Gasteiger partial charge in [-0.05, 0) is 25.5 Å². The average Bonchev–Trinajstić information content (AvgIpc) is 2.35. The molecular weight excluding hydrogens is 252 g/mol. The van der Waals surface area contributed by atoms with E-state index in [-0.39, 0.29) is 24.0 Å². The summed E-state index contributed by atoms with van der Waals surface area (Å²) in [6, 6.07) is 6.44. The minimum atomic E-state index is -3.75. The topological polar surface area (TPSA) is 63.6 Å². The first kappa shape index (κ1) is 14.9. The van der Waals surface area contributed by atoms with Crippen LogP contribution in [0.15, 0.2) is 41.8 Å². The van der Waals surface area contributed by atoms with Crippen LogP contribution in [0.1, 0.15) is 12.0 Å². The lowest BCUT2D eigenvalue weighted by Crippen LogP contribution is -2.17. The fourth-order valence-electron chi connectivity index (χ4n) is 1.39. The molecule has 100 valence electrons. The van der Waals surface area contributed by atoms with Crippen molar-refractivity contribution in [3.05, 3.63) is 42.5 Å². The largest absolute Gasteiger partial charge is 0.396 e. The van der Waals surface area contributed by atoms with Crippen molar-refractivity contribution in [3.8, 4) is 0 Å². The summed E-state index contributed by atoms with van der Waals surface area (Å²) in [5.41, 5.74) is 0.980. The van der Waals surface area contributed by atoms with Crippen molar-refractivity contribution in [3.63, 3.8) is 0 Å². The van der Waals surface area contributed by atoms with Crippen molar-refractivity contribution in [2.24, 2.45) is 5.92 Å². The first-order chi connectivity index (χ1) is 8.49. The highest BCUT2D eigenvalue weighted by molar-refractivity contribution is 7.86. The van der Waals surface area contributed by atoms with Crippen LogP contribution in [0.25, 0.3) is 0 Å². The van der Waals surface area contributed by atoms with Crippen LogP contribution in [0.4, 0.5) is 0 Å². The van der Waals surface area contributed by atoms with E-state index in [9.17, 15) is 8.42 Å². The van der Waals surface area contributed by atoms with Crippen LogP contribution >= 0.6 is 0 Å². The predicted octanol–water partition coefficient (Wildman–Crippen LogP) is 1.88. The molecule has 1 rings (SSSR count). The Hall–Kier alpha value is -1.17. The molecule has 1 atom stereocenters. The summed E-state index contributed by atoms with van der Waals surface area (Å²) in [7, 11) is -3.75. The molecule has 4 nitrogen and oxygen atoms in total. The summed E-state index contributed by atoms with van der Waals surface area (Å²) in [6.07, 6.45) is 2.14. The van der Waals surface area contributed by atoms with Crippen molar-refractivity contribution >= 4 is 10.1 Å². The molecule has 0 heterocycles. The van der Waals surface area contributed by atoms with E-state index in [1.54, 1.807) is 18.2 Å². The number of aliphatic hydroxyl groups excluding tert-OH is 1. The highest BCUT2D eigenvalue weighted by atomic mass is 32.2. The van der Waals surface area contributed by atoms with E-state index < -0.39 is 10.1 Å². The zero-order valence-electron chi connectivity index (χ0n) is 10.4. The summed E-state index contributed by atoms with van der Waals surface area (Å²) < 4.78 is 28.6. The van der Waals surface area contributed by atoms with E-state index in [2.05, 4.69) is 6.58 Å². The molecule has 0 aliphatic rings. The molecule has 1 N–H and O–H groups in total. The molecule has 1 unspecified atom stereocenters. The number of hydrogen-bond acceptors (Lipinski definition) is 4. The fraction of sp³-hybridized carbons (Fsp3) is 0.385. The second-order valence-corrected chi connectivity index (χ2v) is 5.74. The van der Waals surface area contributed by atoms with Gasteiger partial charge < -0.3 is 5.11 Å². The van der Waals surface area contributed by atoms with Crippen molar-refractivity contribution < 1.29 is 17.7 Å². The molecular formula is C13H18O4S. The Balaban J connectivity index is 2.70. The number of benzene rings is 1. The van der Waals surface area contributed by atoms with Crippen LogP contribution in [0, 0.1) is 12.8 Å². The molecule has 18 heavy (non-hydrogen) atoms. The molecule has 0 saturated carbocycles. The number of allylic oxidation sites excluding steroid dienone is 1. The lowest BCUT2D eigenvalue weighted by Gasteiger charge is -2.12.